The van der Waals surface area contributed by atoms with Crippen molar-refractivity contribution in [1.82, 2.24) is 0 Å². The van der Waals surface area contributed by atoms with Crippen LogP contribution in [-0.2, 0) is 12.8 Å². The number of allylic oxidation sites excluding steroid dienone is 4. The topological polar surface area (TPSA) is 12.4 Å². The average molecular weight is 554 g/mol. The summed E-state index contributed by atoms with van der Waals surface area (Å²) in [5.41, 5.74) is 11.1. The van der Waals surface area contributed by atoms with Gasteiger partial charge in [0.1, 0.15) is 0 Å². The molecule has 0 bridgehead atoms. The van der Waals surface area contributed by atoms with Crippen molar-refractivity contribution in [2.24, 2.45) is 4.99 Å². The number of benzene rings is 6. The van der Waals surface area contributed by atoms with Crippen LogP contribution < -0.4 is 0 Å². The van der Waals surface area contributed by atoms with Gasteiger partial charge in [0.05, 0.1) is 5.69 Å². The smallest absolute Gasteiger partial charge is 0.0671 e. The molecule has 208 valence electrons. The summed E-state index contributed by atoms with van der Waals surface area (Å²) in [6.45, 7) is 2.16. The Kier molecular flexibility index (Phi) is 7.54. The normalized spacial score (nSPS) is 13.4. The van der Waals surface area contributed by atoms with Crippen molar-refractivity contribution in [1.29, 1.82) is 0 Å². The van der Waals surface area contributed by atoms with E-state index in [9.17, 15) is 0 Å². The van der Waals surface area contributed by atoms with Crippen molar-refractivity contribution in [3.05, 3.63) is 162 Å². The molecule has 1 nitrogen and oxygen atoms in total. The van der Waals surface area contributed by atoms with Crippen molar-refractivity contribution in [3.8, 4) is 22.3 Å². The third-order valence-electron chi connectivity index (χ3n) is 8.69. The fourth-order valence-corrected chi connectivity index (χ4v) is 6.29. The molecule has 1 aliphatic rings. The van der Waals surface area contributed by atoms with Gasteiger partial charge in [-0.2, -0.15) is 0 Å². The van der Waals surface area contributed by atoms with Gasteiger partial charge in [0.25, 0.3) is 0 Å². The van der Waals surface area contributed by atoms with E-state index in [2.05, 4.69) is 153 Å². The monoisotopic (exact) mass is 553 g/mol. The third kappa shape index (κ3) is 5.72. The highest BCUT2D eigenvalue weighted by Gasteiger charge is 2.11. The Morgan fingerprint density at radius 2 is 1.26 bits per heavy atom. The van der Waals surface area contributed by atoms with Gasteiger partial charge < -0.3 is 0 Å². The summed E-state index contributed by atoms with van der Waals surface area (Å²) >= 11 is 0. The Bertz CT molecular complexity index is 2010. The number of nitrogens with zero attached hydrogens (tertiary/aromatic N) is 1. The first-order valence-electron chi connectivity index (χ1n) is 15.3. The van der Waals surface area contributed by atoms with E-state index in [0.29, 0.717) is 0 Å². The maximum absolute atomic E-state index is 5.26. The summed E-state index contributed by atoms with van der Waals surface area (Å²) in [5.74, 6) is 0. The largest absolute Gasteiger partial charge is 0.253 e. The van der Waals surface area contributed by atoms with E-state index in [1.807, 2.05) is 0 Å². The molecule has 0 amide bonds. The van der Waals surface area contributed by atoms with Crippen LogP contribution in [0.15, 0.2) is 156 Å². The lowest BCUT2D eigenvalue weighted by Gasteiger charge is -2.14. The van der Waals surface area contributed by atoms with E-state index in [1.54, 1.807) is 0 Å². The van der Waals surface area contributed by atoms with E-state index in [-0.39, 0.29) is 0 Å². The number of aryl methyl sites for hydroxylation is 2. The minimum Gasteiger partial charge on any atom is -0.253 e. The predicted molar refractivity (Wildman–Crippen MR) is 185 cm³/mol. The molecule has 0 saturated carbocycles. The maximum atomic E-state index is 5.26. The third-order valence-corrected chi connectivity index (χ3v) is 8.69. The number of hydrogen-bond donors (Lipinski definition) is 0. The quantitative estimate of drug-likeness (QED) is 0.174. The first-order valence-corrected chi connectivity index (χ1v) is 15.3. The van der Waals surface area contributed by atoms with Crippen LogP contribution in [0.5, 0.6) is 0 Å². The highest BCUT2D eigenvalue weighted by atomic mass is 14.7. The van der Waals surface area contributed by atoms with E-state index in [1.165, 1.54) is 60.5 Å². The molecule has 0 atom stereocenters. The lowest BCUT2D eigenvalue weighted by atomic mass is 9.94. The van der Waals surface area contributed by atoms with Gasteiger partial charge in [0.2, 0.25) is 0 Å². The summed E-state index contributed by atoms with van der Waals surface area (Å²) in [6.07, 6.45) is 10.6. The molecular formula is C42H35N. The van der Waals surface area contributed by atoms with E-state index < -0.39 is 0 Å². The summed E-state index contributed by atoms with van der Waals surface area (Å²) < 4.78 is 0. The van der Waals surface area contributed by atoms with Gasteiger partial charge in [-0.1, -0.05) is 140 Å². The first kappa shape index (κ1) is 26.9. The summed E-state index contributed by atoms with van der Waals surface area (Å²) in [5, 5.41) is 5.11. The van der Waals surface area contributed by atoms with Gasteiger partial charge in [-0.15, -0.1) is 0 Å². The Labute approximate surface area is 254 Å². The van der Waals surface area contributed by atoms with Crippen LogP contribution in [0.25, 0.3) is 43.8 Å². The van der Waals surface area contributed by atoms with E-state index in [0.717, 1.165) is 37.1 Å². The van der Waals surface area contributed by atoms with Crippen molar-refractivity contribution in [2.75, 3.05) is 0 Å². The van der Waals surface area contributed by atoms with Crippen LogP contribution in [0.4, 0.5) is 5.69 Å². The molecule has 7 rings (SSSR count). The molecule has 0 aromatic heterocycles. The fourth-order valence-electron chi connectivity index (χ4n) is 6.29. The molecular weight excluding hydrogens is 518 g/mol. The van der Waals surface area contributed by atoms with Crippen molar-refractivity contribution < 1.29 is 0 Å². The minimum absolute atomic E-state index is 0.939. The molecule has 0 radical (unpaired) electrons. The van der Waals surface area contributed by atoms with Gasteiger partial charge in [0.15, 0.2) is 0 Å². The molecule has 6 aromatic rings. The van der Waals surface area contributed by atoms with Crippen LogP contribution in [0, 0.1) is 0 Å². The Morgan fingerprint density at radius 1 is 0.628 bits per heavy atom. The highest BCUT2D eigenvalue weighted by molar-refractivity contribution is 6.01. The molecule has 6 aromatic carbocycles. The summed E-state index contributed by atoms with van der Waals surface area (Å²) in [7, 11) is 0. The molecule has 43 heavy (non-hydrogen) atoms. The van der Waals surface area contributed by atoms with Gasteiger partial charge in [-0.3, -0.25) is 4.99 Å². The first-order chi connectivity index (χ1) is 21.2. The zero-order chi connectivity index (χ0) is 29.0. The second-order valence-electron chi connectivity index (χ2n) is 11.4. The second kappa shape index (κ2) is 12.1. The second-order valence-corrected chi connectivity index (χ2v) is 11.4. The molecule has 1 heteroatoms. The zero-order valence-electron chi connectivity index (χ0n) is 24.6. The molecule has 0 aliphatic heterocycles. The standard InChI is InChI=1S/C42H35N/c1-30(32-11-3-2-4-12-32)43-42-29-37(41-20-10-16-34-14-6-8-18-39(34)41)28-27-36(42)26-23-31-21-24-35(25-22-31)40-19-9-15-33-13-5-7-17-38(33)40/h2-3,5-11,13-22,24-25,27-29H,4,12,23,26H2,1H3. The number of aliphatic imine (C=N–C) groups is 1. The minimum atomic E-state index is 0.939. The van der Waals surface area contributed by atoms with Crippen molar-refractivity contribution in [3.63, 3.8) is 0 Å². The summed E-state index contributed by atoms with van der Waals surface area (Å²) in [6, 6.07) is 46.3. The Morgan fingerprint density at radius 3 is 1.93 bits per heavy atom. The maximum Gasteiger partial charge on any atom is 0.0671 e. The summed E-state index contributed by atoms with van der Waals surface area (Å²) in [4.78, 5) is 5.26. The van der Waals surface area contributed by atoms with Gasteiger partial charge in [-0.05, 0) is 99.2 Å². The van der Waals surface area contributed by atoms with Crippen LogP contribution in [0.2, 0.25) is 0 Å². The van der Waals surface area contributed by atoms with Crippen LogP contribution >= 0.6 is 0 Å². The Balaban J connectivity index is 1.20. The van der Waals surface area contributed by atoms with Gasteiger partial charge >= 0.3 is 0 Å². The van der Waals surface area contributed by atoms with Crippen LogP contribution in [0.3, 0.4) is 0 Å². The van der Waals surface area contributed by atoms with Crippen molar-refractivity contribution in [2.45, 2.75) is 32.6 Å². The fraction of sp³-hybridized carbons (Fsp3) is 0.119. The highest BCUT2D eigenvalue weighted by Crippen LogP contribution is 2.34. The van der Waals surface area contributed by atoms with E-state index >= 15 is 0 Å². The van der Waals surface area contributed by atoms with Crippen molar-refractivity contribution >= 4 is 32.9 Å². The molecule has 0 N–H and O–H groups in total. The molecule has 0 spiro atoms. The number of hydrogen-bond acceptors (Lipinski definition) is 1. The number of fused-ring (bicyclic) bond motifs is 2. The Hall–Kier alpha value is -5.01. The van der Waals surface area contributed by atoms with Gasteiger partial charge in [-0.25, -0.2) is 0 Å². The molecule has 0 saturated heterocycles. The van der Waals surface area contributed by atoms with Gasteiger partial charge in [0, 0.05) is 5.71 Å². The lowest BCUT2D eigenvalue weighted by molar-refractivity contribution is 0.959. The molecule has 1 aliphatic carbocycles. The number of rotatable bonds is 7. The van der Waals surface area contributed by atoms with Crippen LogP contribution in [0.1, 0.15) is 30.9 Å². The lowest BCUT2D eigenvalue weighted by Crippen LogP contribution is -2.00. The van der Waals surface area contributed by atoms with E-state index in [4.69, 9.17) is 4.99 Å². The molecule has 0 fully saturated rings. The SMILES string of the molecule is CC(=Nc1cc(-c2cccc3ccccc23)ccc1CCc1ccc(-c2cccc3ccccc23)cc1)C1=CC=CCC1. The van der Waals surface area contributed by atoms with Crippen LogP contribution in [-0.4, -0.2) is 5.71 Å². The predicted octanol–water partition coefficient (Wildman–Crippen LogP) is 11.5. The zero-order valence-corrected chi connectivity index (χ0v) is 24.6. The molecule has 0 heterocycles. The molecule has 0 unspecified atom stereocenters. The average Bonchev–Trinajstić information content (AvgIpc) is 3.08.